The van der Waals surface area contributed by atoms with Crippen LogP contribution in [0.2, 0.25) is 0 Å². The van der Waals surface area contributed by atoms with Crippen LogP contribution < -0.4 is 5.73 Å². The van der Waals surface area contributed by atoms with Crippen molar-refractivity contribution in [2.45, 2.75) is 19.5 Å². The molecule has 0 amide bonds. The average molecular weight is 326 g/mol. The summed E-state index contributed by atoms with van der Waals surface area (Å²) >= 11 is 2.32. The van der Waals surface area contributed by atoms with Gasteiger partial charge in [-0.3, -0.25) is 0 Å². The molecule has 0 saturated heterocycles. The van der Waals surface area contributed by atoms with Crippen LogP contribution in [0.1, 0.15) is 24.1 Å². The lowest BCUT2D eigenvalue weighted by molar-refractivity contribution is 0.777. The van der Waals surface area contributed by atoms with E-state index in [1.165, 1.54) is 14.7 Å². The van der Waals surface area contributed by atoms with Crippen LogP contribution in [0.3, 0.4) is 0 Å². The lowest BCUT2D eigenvalue weighted by Gasteiger charge is -2.04. The van der Waals surface area contributed by atoms with Crippen molar-refractivity contribution in [2.75, 3.05) is 0 Å². The van der Waals surface area contributed by atoms with E-state index in [0.29, 0.717) is 0 Å². The Kier molecular flexibility index (Phi) is 3.66. The number of aromatic nitrogens is 1. The maximum Gasteiger partial charge on any atom is 0.0470 e. The topological polar surface area (TPSA) is 30.9 Å². The van der Waals surface area contributed by atoms with Crippen LogP contribution in [0.25, 0.3) is 0 Å². The summed E-state index contributed by atoms with van der Waals surface area (Å²) < 4.78 is 3.44. The van der Waals surface area contributed by atoms with Crippen molar-refractivity contribution in [3.8, 4) is 0 Å². The molecule has 0 bridgehead atoms. The lowest BCUT2D eigenvalue weighted by Crippen LogP contribution is -2.03. The van der Waals surface area contributed by atoms with E-state index in [1.807, 2.05) is 6.92 Å². The highest BCUT2D eigenvalue weighted by Gasteiger charge is 2.01. The molecule has 2 nitrogen and oxygen atoms in total. The largest absolute Gasteiger partial charge is 0.350 e. The van der Waals surface area contributed by atoms with Crippen LogP contribution in [0.15, 0.2) is 42.7 Å². The molecule has 1 aromatic carbocycles. The van der Waals surface area contributed by atoms with Crippen molar-refractivity contribution in [3.05, 3.63) is 57.4 Å². The Morgan fingerprint density at radius 2 is 1.94 bits per heavy atom. The third-order valence-electron chi connectivity index (χ3n) is 2.58. The van der Waals surface area contributed by atoms with Gasteiger partial charge in [0.05, 0.1) is 0 Å². The van der Waals surface area contributed by atoms with Gasteiger partial charge in [-0.25, -0.2) is 0 Å². The van der Waals surface area contributed by atoms with Gasteiger partial charge in [-0.1, -0.05) is 12.1 Å². The quantitative estimate of drug-likeness (QED) is 0.863. The minimum atomic E-state index is 0.109. The predicted octanol–water partition coefficient (Wildman–Crippen LogP) is 3.16. The molecule has 0 spiro atoms. The minimum absolute atomic E-state index is 0.109. The van der Waals surface area contributed by atoms with Gasteiger partial charge in [0.15, 0.2) is 0 Å². The first kappa shape index (κ1) is 11.7. The maximum absolute atomic E-state index is 5.83. The van der Waals surface area contributed by atoms with Crippen LogP contribution in [0.4, 0.5) is 0 Å². The molecular weight excluding hydrogens is 311 g/mol. The number of halogens is 1. The molecule has 0 radical (unpaired) electrons. The Balaban J connectivity index is 2.11. The van der Waals surface area contributed by atoms with Crippen LogP contribution in [-0.2, 0) is 6.54 Å². The molecular formula is C13H15IN2. The Bertz CT molecular complexity index is 457. The fourth-order valence-corrected chi connectivity index (χ4v) is 1.99. The fourth-order valence-electron chi connectivity index (χ4n) is 1.63. The van der Waals surface area contributed by atoms with Crippen molar-refractivity contribution in [1.29, 1.82) is 0 Å². The summed E-state index contributed by atoms with van der Waals surface area (Å²) in [6.07, 6.45) is 4.19. The number of benzene rings is 1. The Morgan fingerprint density at radius 3 is 2.50 bits per heavy atom. The third-order valence-corrected chi connectivity index (χ3v) is 3.30. The van der Waals surface area contributed by atoms with Gasteiger partial charge < -0.3 is 10.3 Å². The monoisotopic (exact) mass is 326 g/mol. The van der Waals surface area contributed by atoms with Gasteiger partial charge in [0.2, 0.25) is 0 Å². The molecule has 2 rings (SSSR count). The minimum Gasteiger partial charge on any atom is -0.350 e. The molecule has 2 aromatic rings. The van der Waals surface area contributed by atoms with Crippen molar-refractivity contribution >= 4 is 22.6 Å². The van der Waals surface area contributed by atoms with Crippen molar-refractivity contribution in [1.82, 2.24) is 4.57 Å². The maximum atomic E-state index is 5.83. The highest BCUT2D eigenvalue weighted by atomic mass is 127. The lowest BCUT2D eigenvalue weighted by atomic mass is 10.2. The molecule has 84 valence electrons. The summed E-state index contributed by atoms with van der Waals surface area (Å²) in [5.41, 5.74) is 8.32. The van der Waals surface area contributed by atoms with E-state index in [0.717, 1.165) is 6.54 Å². The van der Waals surface area contributed by atoms with Gasteiger partial charge in [-0.2, -0.15) is 0 Å². The van der Waals surface area contributed by atoms with Crippen LogP contribution in [0, 0.1) is 3.57 Å². The van der Waals surface area contributed by atoms with Gasteiger partial charge in [-0.05, 0) is 58.8 Å². The van der Waals surface area contributed by atoms with Crippen LogP contribution in [-0.4, -0.2) is 4.57 Å². The smallest absolute Gasteiger partial charge is 0.0470 e. The highest BCUT2D eigenvalue weighted by molar-refractivity contribution is 14.1. The first-order valence-electron chi connectivity index (χ1n) is 5.31. The molecule has 0 aliphatic heterocycles. The molecule has 3 heteroatoms. The van der Waals surface area contributed by atoms with E-state index in [9.17, 15) is 0 Å². The van der Waals surface area contributed by atoms with Crippen LogP contribution in [0.5, 0.6) is 0 Å². The van der Waals surface area contributed by atoms with Gasteiger partial charge >= 0.3 is 0 Å². The first-order chi connectivity index (χ1) is 7.65. The second kappa shape index (κ2) is 5.01. The highest BCUT2D eigenvalue weighted by Crippen LogP contribution is 2.12. The Hall–Kier alpha value is -0.810. The third kappa shape index (κ3) is 2.86. The zero-order valence-electron chi connectivity index (χ0n) is 9.23. The summed E-state index contributed by atoms with van der Waals surface area (Å²) in [6.45, 7) is 2.91. The molecule has 2 N–H and O–H groups in total. The molecule has 0 saturated carbocycles. The van der Waals surface area contributed by atoms with E-state index in [-0.39, 0.29) is 6.04 Å². The number of hydrogen-bond acceptors (Lipinski definition) is 1. The number of nitrogens with zero attached hydrogens (tertiary/aromatic N) is 1. The summed E-state index contributed by atoms with van der Waals surface area (Å²) in [6, 6.07) is 10.8. The van der Waals surface area contributed by atoms with E-state index in [2.05, 4.69) is 69.9 Å². The molecule has 1 unspecified atom stereocenters. The van der Waals surface area contributed by atoms with E-state index in [1.54, 1.807) is 0 Å². The Labute approximate surface area is 110 Å². The van der Waals surface area contributed by atoms with Gasteiger partial charge in [0.25, 0.3) is 0 Å². The summed E-state index contributed by atoms with van der Waals surface area (Å²) in [5.74, 6) is 0. The van der Waals surface area contributed by atoms with Crippen molar-refractivity contribution in [2.24, 2.45) is 5.73 Å². The first-order valence-corrected chi connectivity index (χ1v) is 6.39. The molecule has 1 atom stereocenters. The van der Waals surface area contributed by atoms with Gasteiger partial charge in [-0.15, -0.1) is 0 Å². The molecule has 1 aromatic heterocycles. The number of nitrogens with two attached hydrogens (primary N) is 1. The average Bonchev–Trinajstić information content (AvgIpc) is 2.70. The molecule has 0 aliphatic carbocycles. The zero-order chi connectivity index (χ0) is 11.5. The number of hydrogen-bond donors (Lipinski definition) is 1. The number of rotatable bonds is 3. The summed E-state index contributed by atoms with van der Waals surface area (Å²) in [7, 11) is 0. The predicted molar refractivity (Wildman–Crippen MR) is 75.3 cm³/mol. The second-order valence-electron chi connectivity index (χ2n) is 4.03. The van der Waals surface area contributed by atoms with E-state index < -0.39 is 0 Å². The molecule has 1 heterocycles. The summed E-state index contributed by atoms with van der Waals surface area (Å²) in [4.78, 5) is 0. The van der Waals surface area contributed by atoms with Gasteiger partial charge in [0, 0.05) is 28.6 Å². The summed E-state index contributed by atoms with van der Waals surface area (Å²) in [5, 5.41) is 0. The normalized spacial score (nSPS) is 12.7. The molecule has 0 fully saturated rings. The Morgan fingerprint density at radius 1 is 1.25 bits per heavy atom. The van der Waals surface area contributed by atoms with E-state index in [4.69, 9.17) is 5.73 Å². The van der Waals surface area contributed by atoms with E-state index >= 15 is 0 Å². The SMILES string of the molecule is CC(N)c1ccn(Cc2ccc(I)cc2)c1. The zero-order valence-corrected chi connectivity index (χ0v) is 11.4. The standard InChI is InChI=1S/C13H15IN2/c1-10(15)12-6-7-16(9-12)8-11-2-4-13(14)5-3-11/h2-7,9-10H,8,15H2,1H3. The fraction of sp³-hybridized carbons (Fsp3) is 0.231. The molecule has 16 heavy (non-hydrogen) atoms. The molecule has 0 aliphatic rings. The van der Waals surface area contributed by atoms with Gasteiger partial charge in [0.1, 0.15) is 0 Å². The van der Waals surface area contributed by atoms with Crippen molar-refractivity contribution in [3.63, 3.8) is 0 Å². The van der Waals surface area contributed by atoms with Crippen molar-refractivity contribution < 1.29 is 0 Å². The van der Waals surface area contributed by atoms with Crippen LogP contribution >= 0.6 is 22.6 Å². The second-order valence-corrected chi connectivity index (χ2v) is 5.28.